The number of fused-ring (bicyclic) bond motifs is 1. The van der Waals surface area contributed by atoms with Crippen LogP contribution in [0, 0.1) is 12.7 Å². The molecule has 3 heteroatoms. The summed E-state index contributed by atoms with van der Waals surface area (Å²) >= 11 is 0. The fraction of sp³-hybridized carbons (Fsp3) is 0.231. The molecule has 0 bridgehead atoms. The van der Waals surface area contributed by atoms with Crippen LogP contribution >= 0.6 is 0 Å². The summed E-state index contributed by atoms with van der Waals surface area (Å²) in [7, 11) is 0. The third-order valence-electron chi connectivity index (χ3n) is 2.28. The number of aryl methyl sites for hydroxylation is 1. The summed E-state index contributed by atoms with van der Waals surface area (Å²) in [6, 6.07) is 5.53. The van der Waals surface area contributed by atoms with Gasteiger partial charge in [0.15, 0.2) is 0 Å². The fourth-order valence-electron chi connectivity index (χ4n) is 1.58. The molecule has 2 nitrogen and oxygen atoms in total. The summed E-state index contributed by atoms with van der Waals surface area (Å²) in [4.78, 5) is 0. The molecule has 0 saturated heterocycles. The van der Waals surface area contributed by atoms with Crippen LogP contribution in [-0.2, 0) is 0 Å². The van der Waals surface area contributed by atoms with Crippen molar-refractivity contribution < 1.29 is 14.6 Å². The van der Waals surface area contributed by atoms with Crippen LogP contribution in [0.5, 0.6) is 11.5 Å². The van der Waals surface area contributed by atoms with E-state index in [2.05, 4.69) is 0 Å². The Balaban J connectivity index is 0.000000606. The van der Waals surface area contributed by atoms with E-state index in [1.54, 1.807) is 6.92 Å². The zero-order valence-electron chi connectivity index (χ0n) is 9.58. The average molecular weight is 222 g/mol. The highest BCUT2D eigenvalue weighted by Gasteiger charge is 2.08. The molecule has 16 heavy (non-hydrogen) atoms. The van der Waals surface area contributed by atoms with Crippen LogP contribution < -0.4 is 0 Å². The third-order valence-corrected chi connectivity index (χ3v) is 2.28. The Bertz CT molecular complexity index is 507. The Morgan fingerprint density at radius 2 is 1.69 bits per heavy atom. The summed E-state index contributed by atoms with van der Waals surface area (Å²) in [6.07, 6.45) is 0. The SMILES string of the molecule is CC.Cc1c(F)ccc2cc(O)cc(O)c12. The van der Waals surface area contributed by atoms with Crippen LogP contribution in [0.2, 0.25) is 0 Å². The molecular weight excluding hydrogens is 207 g/mol. The molecule has 0 fully saturated rings. The van der Waals surface area contributed by atoms with E-state index < -0.39 is 0 Å². The van der Waals surface area contributed by atoms with Crippen molar-refractivity contribution in [3.05, 3.63) is 35.6 Å². The number of halogens is 1. The van der Waals surface area contributed by atoms with Gasteiger partial charge < -0.3 is 10.2 Å². The summed E-state index contributed by atoms with van der Waals surface area (Å²) in [5.41, 5.74) is 0.389. The van der Waals surface area contributed by atoms with Gasteiger partial charge in [-0.2, -0.15) is 0 Å². The second-order valence-electron chi connectivity index (χ2n) is 3.24. The molecule has 0 atom stereocenters. The van der Waals surface area contributed by atoms with Crippen molar-refractivity contribution in [3.63, 3.8) is 0 Å². The first-order valence-corrected chi connectivity index (χ1v) is 5.20. The van der Waals surface area contributed by atoms with Crippen molar-refractivity contribution in [2.45, 2.75) is 20.8 Å². The molecule has 0 saturated carbocycles. The van der Waals surface area contributed by atoms with Gasteiger partial charge in [0, 0.05) is 11.5 Å². The van der Waals surface area contributed by atoms with E-state index in [1.807, 2.05) is 13.8 Å². The van der Waals surface area contributed by atoms with Crippen LogP contribution in [0.3, 0.4) is 0 Å². The van der Waals surface area contributed by atoms with Crippen LogP contribution in [0.15, 0.2) is 24.3 Å². The van der Waals surface area contributed by atoms with E-state index in [0.29, 0.717) is 16.3 Å². The highest BCUT2D eigenvalue weighted by atomic mass is 19.1. The monoisotopic (exact) mass is 222 g/mol. The fourth-order valence-corrected chi connectivity index (χ4v) is 1.58. The van der Waals surface area contributed by atoms with Gasteiger partial charge in [-0.3, -0.25) is 0 Å². The standard InChI is InChI=1S/C11H9FO2.C2H6/c1-6-9(12)3-2-7-4-8(13)5-10(14)11(6)7;1-2/h2-5,13-14H,1H3;1-2H3. The lowest BCUT2D eigenvalue weighted by molar-refractivity contribution is 0.454. The van der Waals surface area contributed by atoms with Crippen molar-refractivity contribution in [1.29, 1.82) is 0 Å². The highest BCUT2D eigenvalue weighted by molar-refractivity contribution is 5.92. The second-order valence-corrected chi connectivity index (χ2v) is 3.24. The first-order valence-electron chi connectivity index (χ1n) is 5.20. The Morgan fingerprint density at radius 1 is 1.06 bits per heavy atom. The van der Waals surface area contributed by atoms with Crippen molar-refractivity contribution in [2.24, 2.45) is 0 Å². The van der Waals surface area contributed by atoms with E-state index in [0.717, 1.165) is 0 Å². The molecule has 2 N–H and O–H groups in total. The van der Waals surface area contributed by atoms with Crippen molar-refractivity contribution in [3.8, 4) is 11.5 Å². The van der Waals surface area contributed by atoms with Crippen molar-refractivity contribution >= 4 is 10.8 Å². The molecule has 0 aromatic heterocycles. The highest BCUT2D eigenvalue weighted by Crippen LogP contribution is 2.32. The third kappa shape index (κ3) is 2.08. The zero-order chi connectivity index (χ0) is 12.3. The molecule has 2 aromatic rings. The molecule has 2 rings (SSSR count). The molecule has 0 heterocycles. The predicted octanol–water partition coefficient (Wildman–Crippen LogP) is 3.72. The molecule has 0 radical (unpaired) electrons. The molecule has 0 aliphatic carbocycles. The van der Waals surface area contributed by atoms with Gasteiger partial charge in [-0.05, 0) is 30.0 Å². The summed E-state index contributed by atoms with van der Waals surface area (Å²) in [6.45, 7) is 5.59. The minimum Gasteiger partial charge on any atom is -0.508 e. The first kappa shape index (κ1) is 12.3. The van der Waals surface area contributed by atoms with Crippen molar-refractivity contribution in [1.82, 2.24) is 0 Å². The minimum absolute atomic E-state index is 0.0268. The van der Waals surface area contributed by atoms with E-state index >= 15 is 0 Å². The molecule has 0 spiro atoms. The quantitative estimate of drug-likeness (QED) is 0.713. The van der Waals surface area contributed by atoms with Gasteiger partial charge in [0.05, 0.1) is 0 Å². The lowest BCUT2D eigenvalue weighted by atomic mass is 10.0. The van der Waals surface area contributed by atoms with Crippen LogP contribution in [0.25, 0.3) is 10.8 Å². The van der Waals surface area contributed by atoms with Gasteiger partial charge >= 0.3 is 0 Å². The Kier molecular flexibility index (Phi) is 3.72. The molecule has 86 valence electrons. The van der Waals surface area contributed by atoms with Crippen LogP contribution in [0.1, 0.15) is 19.4 Å². The number of benzene rings is 2. The molecule has 0 unspecified atom stereocenters. The predicted molar refractivity (Wildman–Crippen MR) is 63.3 cm³/mol. The molecule has 2 aromatic carbocycles. The summed E-state index contributed by atoms with van der Waals surface area (Å²) < 4.78 is 13.2. The maximum absolute atomic E-state index is 13.2. The van der Waals surface area contributed by atoms with E-state index in [-0.39, 0.29) is 17.3 Å². The molecular formula is C13H15FO2. The van der Waals surface area contributed by atoms with E-state index in [4.69, 9.17) is 0 Å². The van der Waals surface area contributed by atoms with Gasteiger partial charge in [0.25, 0.3) is 0 Å². The number of hydrogen-bond acceptors (Lipinski definition) is 2. The number of phenols is 2. The topological polar surface area (TPSA) is 40.5 Å². The number of rotatable bonds is 0. The van der Waals surface area contributed by atoms with Crippen molar-refractivity contribution in [2.75, 3.05) is 0 Å². The van der Waals surface area contributed by atoms with Gasteiger partial charge in [-0.1, -0.05) is 19.9 Å². The van der Waals surface area contributed by atoms with Crippen LogP contribution in [0.4, 0.5) is 4.39 Å². The molecule has 0 amide bonds. The molecule has 0 aliphatic heterocycles. The minimum atomic E-state index is -0.363. The second kappa shape index (κ2) is 4.84. The number of hydrogen-bond donors (Lipinski definition) is 2. The molecule has 0 aliphatic rings. The van der Waals surface area contributed by atoms with E-state index in [1.165, 1.54) is 24.3 Å². The zero-order valence-corrected chi connectivity index (χ0v) is 9.58. The largest absolute Gasteiger partial charge is 0.508 e. The normalized spacial score (nSPS) is 9.75. The Morgan fingerprint density at radius 3 is 2.31 bits per heavy atom. The van der Waals surface area contributed by atoms with Crippen LogP contribution in [-0.4, -0.2) is 10.2 Å². The van der Waals surface area contributed by atoms with Gasteiger partial charge in [0.2, 0.25) is 0 Å². The van der Waals surface area contributed by atoms with Gasteiger partial charge in [-0.15, -0.1) is 0 Å². The maximum Gasteiger partial charge on any atom is 0.127 e. The number of aromatic hydroxyl groups is 2. The average Bonchev–Trinajstić information content (AvgIpc) is 2.26. The summed E-state index contributed by atoms with van der Waals surface area (Å²) in [5.74, 6) is -0.489. The maximum atomic E-state index is 13.2. The number of phenolic OH excluding ortho intramolecular Hbond substituents is 2. The van der Waals surface area contributed by atoms with E-state index in [9.17, 15) is 14.6 Å². The Labute approximate surface area is 94.0 Å². The van der Waals surface area contributed by atoms with Gasteiger partial charge in [0.1, 0.15) is 17.3 Å². The van der Waals surface area contributed by atoms with Gasteiger partial charge in [-0.25, -0.2) is 4.39 Å². The lowest BCUT2D eigenvalue weighted by Crippen LogP contribution is -1.85. The summed E-state index contributed by atoms with van der Waals surface area (Å²) in [5, 5.41) is 19.8. The smallest absolute Gasteiger partial charge is 0.127 e. The first-order chi connectivity index (χ1) is 7.59. The lowest BCUT2D eigenvalue weighted by Gasteiger charge is -2.06. The Hall–Kier alpha value is -1.77.